The van der Waals surface area contributed by atoms with Crippen LogP contribution in [0.3, 0.4) is 0 Å². The van der Waals surface area contributed by atoms with Crippen molar-refractivity contribution in [2.75, 3.05) is 19.8 Å². The van der Waals surface area contributed by atoms with E-state index in [2.05, 4.69) is 34.9 Å². The Morgan fingerprint density at radius 1 is 1.39 bits per heavy atom. The molecule has 0 bridgehead atoms. The SMILES string of the molecule is C#C.C=C/C(=N\OCCNC(C)=O)C1CC(c2nc3ccc(OCC4CC4)cc3o2)C1. The highest BCUT2D eigenvalue weighted by Gasteiger charge is 2.36. The van der Waals surface area contributed by atoms with Gasteiger partial charge in [-0.3, -0.25) is 4.79 Å². The van der Waals surface area contributed by atoms with Gasteiger partial charge in [0.1, 0.15) is 17.9 Å². The van der Waals surface area contributed by atoms with Crippen LogP contribution in [0, 0.1) is 24.7 Å². The molecular formula is C24H29N3O4. The molecule has 31 heavy (non-hydrogen) atoms. The van der Waals surface area contributed by atoms with Gasteiger partial charge in [-0.05, 0) is 49.8 Å². The first-order valence-electron chi connectivity index (χ1n) is 10.6. The van der Waals surface area contributed by atoms with Crippen LogP contribution >= 0.6 is 0 Å². The normalized spacial score (nSPS) is 20.2. The third kappa shape index (κ3) is 6.11. The number of ether oxygens (including phenoxy) is 1. The minimum absolute atomic E-state index is 0.0803. The number of oxazole rings is 1. The Hall–Kier alpha value is -3.27. The van der Waals surface area contributed by atoms with E-state index in [4.69, 9.17) is 14.0 Å². The Bertz CT molecular complexity index is 952. The summed E-state index contributed by atoms with van der Waals surface area (Å²) in [6, 6.07) is 5.85. The van der Waals surface area contributed by atoms with E-state index in [1.807, 2.05) is 18.2 Å². The fourth-order valence-corrected chi connectivity index (χ4v) is 3.42. The van der Waals surface area contributed by atoms with Crippen molar-refractivity contribution in [2.24, 2.45) is 17.0 Å². The zero-order chi connectivity index (χ0) is 22.2. The Morgan fingerprint density at radius 3 is 2.84 bits per heavy atom. The average Bonchev–Trinajstić information content (AvgIpc) is 3.48. The van der Waals surface area contributed by atoms with Crippen LogP contribution in [-0.2, 0) is 9.63 Å². The van der Waals surface area contributed by atoms with Crippen molar-refractivity contribution in [1.82, 2.24) is 10.3 Å². The first-order valence-corrected chi connectivity index (χ1v) is 10.6. The van der Waals surface area contributed by atoms with E-state index in [0.717, 1.165) is 53.8 Å². The van der Waals surface area contributed by atoms with Crippen molar-refractivity contribution in [3.63, 3.8) is 0 Å². The first kappa shape index (κ1) is 22.4. The van der Waals surface area contributed by atoms with Crippen molar-refractivity contribution in [3.8, 4) is 18.6 Å². The second kappa shape index (κ2) is 10.7. The summed E-state index contributed by atoms with van der Waals surface area (Å²) in [6.45, 7) is 6.87. The quantitative estimate of drug-likeness (QED) is 0.270. The van der Waals surface area contributed by atoms with E-state index < -0.39 is 0 Å². The van der Waals surface area contributed by atoms with E-state index in [0.29, 0.717) is 13.2 Å². The predicted octanol–water partition coefficient (Wildman–Crippen LogP) is 4.05. The van der Waals surface area contributed by atoms with Crippen LogP contribution in [-0.4, -0.2) is 36.4 Å². The molecule has 0 unspecified atom stereocenters. The third-order valence-electron chi connectivity index (χ3n) is 5.41. The number of terminal acetylenes is 1. The number of nitrogens with one attached hydrogen (secondary N) is 1. The average molecular weight is 424 g/mol. The number of benzene rings is 1. The first-order chi connectivity index (χ1) is 15.1. The molecule has 0 saturated heterocycles. The van der Waals surface area contributed by atoms with Crippen molar-refractivity contribution in [2.45, 2.75) is 38.5 Å². The fourth-order valence-electron chi connectivity index (χ4n) is 3.42. The van der Waals surface area contributed by atoms with Gasteiger partial charge in [-0.15, -0.1) is 12.8 Å². The molecule has 2 aliphatic rings. The van der Waals surface area contributed by atoms with Crippen LogP contribution in [0.4, 0.5) is 0 Å². The van der Waals surface area contributed by atoms with Crippen molar-refractivity contribution in [3.05, 3.63) is 36.7 Å². The zero-order valence-electron chi connectivity index (χ0n) is 17.9. The molecule has 2 saturated carbocycles. The number of carbonyl (C=O) groups is 1. The molecule has 1 heterocycles. The van der Waals surface area contributed by atoms with Crippen LogP contribution in [0.1, 0.15) is 44.4 Å². The standard InChI is InChI=1S/C22H27N3O4.C2H2/c1-3-19(25-28-9-8-23-14(2)26)16-10-17(11-16)22-24-20-7-6-18(12-21(20)29-22)27-13-15-4-5-15;1-2/h3,6-7,12,15-17H,1,4-5,8-11,13H2,2H3,(H,23,26);1-2H/b25-19+;. The zero-order valence-corrected chi connectivity index (χ0v) is 17.9. The van der Waals surface area contributed by atoms with Gasteiger partial charge in [0.05, 0.1) is 18.9 Å². The van der Waals surface area contributed by atoms with Gasteiger partial charge >= 0.3 is 0 Å². The largest absolute Gasteiger partial charge is 0.493 e. The van der Waals surface area contributed by atoms with Gasteiger partial charge in [-0.25, -0.2) is 4.98 Å². The molecule has 1 aromatic carbocycles. The Morgan fingerprint density at radius 2 is 2.16 bits per heavy atom. The molecule has 0 atom stereocenters. The molecular weight excluding hydrogens is 394 g/mol. The summed E-state index contributed by atoms with van der Waals surface area (Å²) < 4.78 is 11.8. The molecule has 164 valence electrons. The summed E-state index contributed by atoms with van der Waals surface area (Å²) in [6.07, 6.45) is 14.1. The molecule has 2 fully saturated rings. The number of oxime groups is 1. The smallest absolute Gasteiger partial charge is 0.216 e. The molecule has 1 amide bonds. The molecule has 7 nitrogen and oxygen atoms in total. The van der Waals surface area contributed by atoms with Gasteiger partial charge in [-0.2, -0.15) is 0 Å². The topological polar surface area (TPSA) is 86.0 Å². The summed E-state index contributed by atoms with van der Waals surface area (Å²) in [5.74, 6) is 2.81. The van der Waals surface area contributed by atoms with Crippen molar-refractivity contribution < 1.29 is 18.8 Å². The van der Waals surface area contributed by atoms with Gasteiger partial charge in [0.15, 0.2) is 11.5 Å². The molecule has 0 spiro atoms. The monoisotopic (exact) mass is 423 g/mol. The lowest BCUT2D eigenvalue weighted by Crippen LogP contribution is -2.29. The van der Waals surface area contributed by atoms with Gasteiger partial charge in [0, 0.05) is 24.8 Å². The highest BCUT2D eigenvalue weighted by atomic mass is 16.6. The van der Waals surface area contributed by atoms with Crippen molar-refractivity contribution >= 4 is 22.7 Å². The van der Waals surface area contributed by atoms with Crippen LogP contribution in [0.15, 0.2) is 40.4 Å². The second-order valence-electron chi connectivity index (χ2n) is 7.84. The molecule has 2 aromatic rings. The van der Waals surface area contributed by atoms with Crippen LogP contribution in [0.25, 0.3) is 11.1 Å². The fraction of sp³-hybridized carbons (Fsp3) is 0.458. The van der Waals surface area contributed by atoms with E-state index in [-0.39, 0.29) is 17.7 Å². The number of aromatic nitrogens is 1. The van der Waals surface area contributed by atoms with Crippen molar-refractivity contribution in [1.29, 1.82) is 0 Å². The number of hydrogen-bond donors (Lipinski definition) is 1. The number of amides is 1. The molecule has 1 aromatic heterocycles. The van der Waals surface area contributed by atoms with Gasteiger partial charge < -0.3 is 19.3 Å². The lowest BCUT2D eigenvalue weighted by atomic mass is 9.72. The molecule has 7 heteroatoms. The minimum atomic E-state index is -0.0803. The highest BCUT2D eigenvalue weighted by Crippen LogP contribution is 2.43. The second-order valence-corrected chi connectivity index (χ2v) is 7.84. The van der Waals surface area contributed by atoms with Crippen LogP contribution in [0.2, 0.25) is 0 Å². The summed E-state index contributed by atoms with van der Waals surface area (Å²) in [5.41, 5.74) is 2.47. The summed E-state index contributed by atoms with van der Waals surface area (Å²) in [4.78, 5) is 20.8. The maximum absolute atomic E-state index is 10.8. The summed E-state index contributed by atoms with van der Waals surface area (Å²) in [7, 11) is 0. The number of fused-ring (bicyclic) bond motifs is 1. The molecule has 1 N–H and O–H groups in total. The summed E-state index contributed by atoms with van der Waals surface area (Å²) >= 11 is 0. The maximum atomic E-state index is 10.8. The van der Waals surface area contributed by atoms with E-state index in [1.54, 1.807) is 6.08 Å². The number of nitrogens with zero attached hydrogens (tertiary/aromatic N) is 2. The van der Waals surface area contributed by atoms with Gasteiger partial charge in [0.25, 0.3) is 0 Å². The number of hydrogen-bond acceptors (Lipinski definition) is 6. The van der Waals surface area contributed by atoms with Gasteiger partial charge in [0.2, 0.25) is 5.91 Å². The number of rotatable bonds is 10. The lowest BCUT2D eigenvalue weighted by Gasteiger charge is -2.32. The summed E-state index contributed by atoms with van der Waals surface area (Å²) in [5, 5.41) is 6.83. The Labute approximate surface area is 182 Å². The van der Waals surface area contributed by atoms with Gasteiger partial charge in [-0.1, -0.05) is 11.7 Å². The predicted molar refractivity (Wildman–Crippen MR) is 120 cm³/mol. The molecule has 0 aliphatic heterocycles. The Kier molecular flexibility index (Phi) is 7.71. The number of allylic oxidation sites excluding steroid dienone is 1. The van der Waals surface area contributed by atoms with E-state index >= 15 is 0 Å². The highest BCUT2D eigenvalue weighted by molar-refractivity contribution is 5.96. The minimum Gasteiger partial charge on any atom is -0.493 e. The number of carbonyl (C=O) groups excluding carboxylic acids is 1. The molecule has 0 radical (unpaired) electrons. The molecule has 4 rings (SSSR count). The maximum Gasteiger partial charge on any atom is 0.216 e. The van der Waals surface area contributed by atoms with Crippen LogP contribution < -0.4 is 10.1 Å². The van der Waals surface area contributed by atoms with E-state index in [9.17, 15) is 4.79 Å². The molecule has 2 aliphatic carbocycles. The van der Waals surface area contributed by atoms with Crippen LogP contribution in [0.5, 0.6) is 5.75 Å². The van der Waals surface area contributed by atoms with E-state index in [1.165, 1.54) is 19.8 Å². The lowest BCUT2D eigenvalue weighted by molar-refractivity contribution is -0.119. The Balaban J connectivity index is 0.00000132. The third-order valence-corrected chi connectivity index (χ3v) is 5.41.